The summed E-state index contributed by atoms with van der Waals surface area (Å²) < 4.78 is 17.1. The zero-order valence-corrected chi connectivity index (χ0v) is 30.2. The number of hydrogen-bond donors (Lipinski definition) is 0. The van der Waals surface area contributed by atoms with Crippen LogP contribution in [0.5, 0.6) is 0 Å². The standard InChI is InChI=1S/C41H58O6/c1-25(2)27-16-21-41(24-46-36(44)29-13-11-10-12-28(29)35(43)45-9)23-22-39(7)30(34(27)41)14-15-32-38(6)19-18-33(47-26(3)42)37(4,5)31(38)17-20-40(32,39)8/h10-13,27,30-34H,1,14-24H2,2-9H3/t27?,30?,31?,32?,33?,34?,38-,39+,40+,41?/m0/s1. The van der Waals surface area contributed by atoms with Crippen molar-refractivity contribution in [2.24, 2.45) is 56.7 Å². The molecule has 0 spiro atoms. The Kier molecular flexibility index (Phi) is 8.57. The lowest BCUT2D eigenvalue weighted by Crippen LogP contribution is -2.67. The summed E-state index contributed by atoms with van der Waals surface area (Å²) in [6.45, 7) is 21.2. The van der Waals surface area contributed by atoms with Gasteiger partial charge in [0.05, 0.1) is 24.8 Å². The molecule has 0 N–H and O–H groups in total. The summed E-state index contributed by atoms with van der Waals surface area (Å²) in [4.78, 5) is 38.0. The second kappa shape index (κ2) is 11.8. The van der Waals surface area contributed by atoms with Crippen LogP contribution in [0.15, 0.2) is 36.4 Å². The van der Waals surface area contributed by atoms with Crippen LogP contribution in [0, 0.1) is 56.7 Å². The van der Waals surface area contributed by atoms with E-state index in [9.17, 15) is 14.4 Å². The van der Waals surface area contributed by atoms with Gasteiger partial charge >= 0.3 is 17.9 Å². The van der Waals surface area contributed by atoms with E-state index in [1.54, 1.807) is 31.2 Å². The summed E-state index contributed by atoms with van der Waals surface area (Å²) in [6.07, 6.45) is 11.2. The van der Waals surface area contributed by atoms with E-state index in [-0.39, 0.29) is 50.3 Å². The lowest BCUT2D eigenvalue weighted by atomic mass is 9.32. The summed E-state index contributed by atoms with van der Waals surface area (Å²) in [5.74, 6) is 1.39. The first-order valence-electron chi connectivity index (χ1n) is 18.2. The molecule has 10 atom stereocenters. The van der Waals surface area contributed by atoms with Crippen molar-refractivity contribution in [1.82, 2.24) is 0 Å². The number of benzene rings is 1. The third-order valence-corrected chi connectivity index (χ3v) is 15.5. The van der Waals surface area contributed by atoms with Crippen molar-refractivity contribution >= 4 is 17.9 Å². The summed E-state index contributed by atoms with van der Waals surface area (Å²) in [5.41, 5.74) is 2.23. The average molecular weight is 647 g/mol. The minimum Gasteiger partial charge on any atom is -0.465 e. The van der Waals surface area contributed by atoms with E-state index in [1.165, 1.54) is 38.4 Å². The predicted octanol–water partition coefficient (Wildman–Crippen LogP) is 9.22. The number of hydrogen-bond acceptors (Lipinski definition) is 6. The maximum atomic E-state index is 13.5. The molecule has 0 saturated heterocycles. The third kappa shape index (κ3) is 5.04. The number of esters is 3. The molecule has 5 fully saturated rings. The minimum absolute atomic E-state index is 0.0123. The van der Waals surface area contributed by atoms with Crippen LogP contribution < -0.4 is 0 Å². The van der Waals surface area contributed by atoms with E-state index in [1.807, 2.05) is 0 Å². The summed E-state index contributed by atoms with van der Waals surface area (Å²) in [7, 11) is 1.33. The van der Waals surface area contributed by atoms with E-state index in [0.29, 0.717) is 36.2 Å². The fourth-order valence-corrected chi connectivity index (χ4v) is 13.2. The van der Waals surface area contributed by atoms with Crippen LogP contribution in [0.1, 0.15) is 133 Å². The first-order valence-corrected chi connectivity index (χ1v) is 18.2. The molecule has 5 saturated carbocycles. The number of carbonyl (C=O) groups excluding carboxylic acids is 3. The van der Waals surface area contributed by atoms with Gasteiger partial charge in [0, 0.05) is 17.8 Å². The van der Waals surface area contributed by atoms with Gasteiger partial charge in [0.1, 0.15) is 6.10 Å². The number of carbonyl (C=O) groups is 3. The lowest BCUT2D eigenvalue weighted by Gasteiger charge is -2.73. The van der Waals surface area contributed by atoms with Crippen LogP contribution in [0.2, 0.25) is 0 Å². The Hall–Kier alpha value is -2.63. The molecule has 5 aliphatic carbocycles. The van der Waals surface area contributed by atoms with Gasteiger partial charge in [0.15, 0.2) is 0 Å². The van der Waals surface area contributed by atoms with E-state index >= 15 is 0 Å². The Morgan fingerprint density at radius 3 is 2.11 bits per heavy atom. The van der Waals surface area contributed by atoms with Gasteiger partial charge in [0.2, 0.25) is 0 Å². The zero-order chi connectivity index (χ0) is 34.2. The second-order valence-electron chi connectivity index (χ2n) is 17.6. The van der Waals surface area contributed by atoms with E-state index in [4.69, 9.17) is 14.2 Å². The highest BCUT2D eigenvalue weighted by atomic mass is 16.5. The summed E-state index contributed by atoms with van der Waals surface area (Å²) in [5, 5.41) is 0. The van der Waals surface area contributed by atoms with E-state index in [0.717, 1.165) is 38.5 Å². The number of ether oxygens (including phenoxy) is 3. The molecule has 6 heteroatoms. The van der Waals surface area contributed by atoms with Gasteiger partial charge in [-0.15, -0.1) is 0 Å². The largest absolute Gasteiger partial charge is 0.465 e. The van der Waals surface area contributed by atoms with Gasteiger partial charge in [0.25, 0.3) is 0 Å². The van der Waals surface area contributed by atoms with Crippen molar-refractivity contribution < 1.29 is 28.6 Å². The topological polar surface area (TPSA) is 78.9 Å². The first-order chi connectivity index (χ1) is 22.1. The van der Waals surface area contributed by atoms with Crippen LogP contribution in [-0.4, -0.2) is 37.7 Å². The molecule has 5 aliphatic rings. The highest BCUT2D eigenvalue weighted by Crippen LogP contribution is 2.77. The van der Waals surface area contributed by atoms with Crippen molar-refractivity contribution in [1.29, 1.82) is 0 Å². The number of allylic oxidation sites excluding steroid dienone is 1. The van der Waals surface area contributed by atoms with E-state index < -0.39 is 11.9 Å². The van der Waals surface area contributed by atoms with Gasteiger partial charge in [-0.05, 0) is 129 Å². The molecule has 1 aromatic carbocycles. The molecule has 7 unspecified atom stereocenters. The van der Waals surface area contributed by atoms with Crippen molar-refractivity contribution in [3.05, 3.63) is 47.5 Å². The van der Waals surface area contributed by atoms with Gasteiger partial charge in [-0.2, -0.15) is 0 Å². The molecule has 0 heterocycles. The maximum absolute atomic E-state index is 13.5. The average Bonchev–Trinajstić information content (AvgIpc) is 3.41. The van der Waals surface area contributed by atoms with E-state index in [2.05, 4.69) is 48.1 Å². The Morgan fingerprint density at radius 1 is 0.787 bits per heavy atom. The third-order valence-electron chi connectivity index (χ3n) is 15.5. The van der Waals surface area contributed by atoms with Gasteiger partial charge in [-0.3, -0.25) is 4.79 Å². The van der Waals surface area contributed by atoms with Crippen LogP contribution in [0.3, 0.4) is 0 Å². The molecule has 258 valence electrons. The highest BCUT2D eigenvalue weighted by Gasteiger charge is 2.71. The maximum Gasteiger partial charge on any atom is 0.339 e. The predicted molar refractivity (Wildman–Crippen MR) is 183 cm³/mol. The lowest BCUT2D eigenvalue weighted by molar-refractivity contribution is -0.251. The molecular weight excluding hydrogens is 588 g/mol. The smallest absolute Gasteiger partial charge is 0.339 e. The van der Waals surface area contributed by atoms with Crippen LogP contribution in [0.25, 0.3) is 0 Å². The number of rotatable bonds is 6. The Bertz CT molecular complexity index is 1440. The van der Waals surface area contributed by atoms with Crippen molar-refractivity contribution in [2.75, 3.05) is 13.7 Å². The van der Waals surface area contributed by atoms with Crippen molar-refractivity contribution in [2.45, 2.75) is 119 Å². The molecule has 47 heavy (non-hydrogen) atoms. The SMILES string of the molecule is C=C(C)C1CCC2(COC(=O)c3ccccc3C(=O)OC)CC[C@]3(C)C(CCC4[C@@]5(C)CCC(OC(C)=O)C(C)(C)C5CC[C@]43C)C12. The van der Waals surface area contributed by atoms with Crippen LogP contribution >= 0.6 is 0 Å². The molecule has 0 amide bonds. The molecule has 0 aliphatic heterocycles. The Balaban J connectivity index is 1.29. The molecule has 6 rings (SSSR count). The molecular formula is C41H58O6. The zero-order valence-electron chi connectivity index (χ0n) is 30.2. The van der Waals surface area contributed by atoms with Gasteiger partial charge in [-0.25, -0.2) is 9.59 Å². The second-order valence-corrected chi connectivity index (χ2v) is 17.6. The van der Waals surface area contributed by atoms with Gasteiger partial charge in [-0.1, -0.05) is 58.9 Å². The Morgan fingerprint density at radius 2 is 1.47 bits per heavy atom. The monoisotopic (exact) mass is 646 g/mol. The first kappa shape index (κ1) is 34.2. The Labute approximate surface area is 282 Å². The highest BCUT2D eigenvalue weighted by molar-refractivity contribution is 6.03. The number of fused-ring (bicyclic) bond motifs is 7. The van der Waals surface area contributed by atoms with Crippen LogP contribution in [0.4, 0.5) is 0 Å². The molecule has 0 bridgehead atoms. The molecule has 0 radical (unpaired) electrons. The molecule has 1 aromatic rings. The fraction of sp³-hybridized carbons (Fsp3) is 0.732. The molecule has 6 nitrogen and oxygen atoms in total. The number of methoxy groups -OCH3 is 1. The quantitative estimate of drug-likeness (QED) is 0.174. The normalized spacial score (nSPS) is 41.7. The van der Waals surface area contributed by atoms with Crippen molar-refractivity contribution in [3.63, 3.8) is 0 Å². The van der Waals surface area contributed by atoms with Crippen molar-refractivity contribution in [3.8, 4) is 0 Å². The minimum atomic E-state index is -0.526. The van der Waals surface area contributed by atoms with Crippen LogP contribution in [-0.2, 0) is 19.0 Å². The molecule has 0 aromatic heterocycles. The summed E-state index contributed by atoms with van der Waals surface area (Å²) in [6, 6.07) is 6.79. The fourth-order valence-electron chi connectivity index (χ4n) is 13.2. The van der Waals surface area contributed by atoms with Gasteiger partial charge < -0.3 is 14.2 Å². The summed E-state index contributed by atoms with van der Waals surface area (Å²) >= 11 is 0.